The van der Waals surface area contributed by atoms with Gasteiger partial charge in [0.25, 0.3) is 0 Å². The topological polar surface area (TPSA) is 26.3 Å². The Morgan fingerprint density at radius 1 is 0.731 bits per heavy atom. The van der Waals surface area contributed by atoms with Gasteiger partial charge in [0.1, 0.15) is 0 Å². The number of ether oxygens (including phenoxy) is 1. The molecule has 0 aliphatic carbocycles. The Labute approximate surface area is 163 Å². The summed E-state index contributed by atoms with van der Waals surface area (Å²) in [5, 5.41) is 3.09. The van der Waals surface area contributed by atoms with Crippen molar-refractivity contribution in [3.63, 3.8) is 0 Å². The Balaban J connectivity index is 2.29. The molecule has 3 aromatic carbocycles. The van der Waals surface area contributed by atoms with Gasteiger partial charge in [-0.25, -0.2) is 0 Å². The van der Waals surface area contributed by atoms with E-state index in [2.05, 4.69) is 0 Å². The van der Waals surface area contributed by atoms with Crippen LogP contribution in [0.3, 0.4) is 0 Å². The van der Waals surface area contributed by atoms with Crippen LogP contribution in [0.1, 0.15) is 0 Å². The summed E-state index contributed by atoms with van der Waals surface area (Å²) in [6.07, 6.45) is 0.462. The number of benzene rings is 3. The predicted octanol–water partition coefficient (Wildman–Crippen LogP) is 5.05. The number of rotatable bonds is 6. The quantitative estimate of drug-likeness (QED) is 0.424. The van der Waals surface area contributed by atoms with Crippen molar-refractivity contribution in [2.45, 2.75) is 0 Å². The van der Waals surface area contributed by atoms with Gasteiger partial charge in [-0.2, -0.15) is 0 Å². The Morgan fingerprint density at radius 3 is 1.38 bits per heavy atom. The fourth-order valence-corrected chi connectivity index (χ4v) is 9.13. The Hall–Kier alpha value is -1.86. The van der Waals surface area contributed by atoms with E-state index in [-0.39, 0.29) is 6.61 Å². The minimum absolute atomic E-state index is 0.141. The summed E-state index contributed by atoms with van der Waals surface area (Å²) in [4.78, 5) is 11.2. The summed E-state index contributed by atoms with van der Waals surface area (Å²) in [7, 11) is 0. The maximum atomic E-state index is 11.2. The molecule has 2 nitrogen and oxygen atoms in total. The van der Waals surface area contributed by atoms with E-state index in [0.717, 1.165) is 15.9 Å². The van der Waals surface area contributed by atoms with Crippen molar-refractivity contribution in [1.29, 1.82) is 0 Å². The van der Waals surface area contributed by atoms with E-state index >= 15 is 0 Å². The normalized spacial score (nSPS) is 12.8. The van der Waals surface area contributed by atoms with Crippen molar-refractivity contribution in [2.24, 2.45) is 0 Å². The van der Waals surface area contributed by atoms with Gasteiger partial charge in [0.05, 0.1) is 0 Å². The average molecular weight is 405 g/mol. The van der Waals surface area contributed by atoms with E-state index in [9.17, 15) is 4.79 Å². The van der Waals surface area contributed by atoms with Crippen LogP contribution in [0.4, 0.5) is 4.79 Å². The molecular formula is C21H19Cl2O2P. The van der Waals surface area contributed by atoms with Crippen molar-refractivity contribution in [1.82, 2.24) is 0 Å². The molecule has 134 valence electrons. The number of carbonyl (C=O) groups is 1. The fourth-order valence-electron chi connectivity index (χ4n) is 3.35. The Morgan fingerprint density at radius 2 is 1.08 bits per heavy atom. The molecule has 5 heteroatoms. The molecule has 0 saturated heterocycles. The zero-order valence-electron chi connectivity index (χ0n) is 14.1. The first kappa shape index (κ1) is 18.9. The summed E-state index contributed by atoms with van der Waals surface area (Å²) in [6, 6.07) is 30.1. The van der Waals surface area contributed by atoms with Crippen LogP contribution in [0.5, 0.6) is 0 Å². The molecule has 0 amide bonds. The van der Waals surface area contributed by atoms with Crippen LogP contribution in [0, 0.1) is 0 Å². The molecule has 0 atom stereocenters. The van der Waals surface area contributed by atoms with Gasteiger partial charge in [-0.15, -0.1) is 0 Å². The SMILES string of the molecule is O=C(Cl)OCCP(Cl)(c1ccccc1)(c1ccccc1)c1ccccc1. The first-order chi connectivity index (χ1) is 12.6. The number of halogens is 2. The fraction of sp³-hybridized carbons (Fsp3) is 0.0952. The molecule has 3 rings (SSSR count). The maximum absolute atomic E-state index is 11.2. The summed E-state index contributed by atoms with van der Waals surface area (Å²) in [6.45, 7) is 0.141. The molecule has 0 bridgehead atoms. The second-order valence-electron chi connectivity index (χ2n) is 6.00. The Bertz CT molecular complexity index is 771. The first-order valence-corrected chi connectivity index (χ1v) is 12.0. The zero-order valence-corrected chi connectivity index (χ0v) is 16.5. The van der Waals surface area contributed by atoms with E-state index in [4.69, 9.17) is 27.6 Å². The van der Waals surface area contributed by atoms with Gasteiger partial charge < -0.3 is 0 Å². The van der Waals surface area contributed by atoms with Gasteiger partial charge >= 0.3 is 163 Å². The van der Waals surface area contributed by atoms with Crippen LogP contribution in [0.2, 0.25) is 0 Å². The average Bonchev–Trinajstić information content (AvgIpc) is 2.70. The summed E-state index contributed by atoms with van der Waals surface area (Å²) in [5.74, 6) is -3.36. The van der Waals surface area contributed by atoms with E-state index in [1.165, 1.54) is 0 Å². The van der Waals surface area contributed by atoms with Gasteiger partial charge in [-0.3, -0.25) is 0 Å². The molecule has 0 aromatic heterocycles. The van der Waals surface area contributed by atoms with Crippen molar-refractivity contribution >= 4 is 50.1 Å². The predicted molar refractivity (Wildman–Crippen MR) is 113 cm³/mol. The van der Waals surface area contributed by atoms with Crippen LogP contribution in [0.15, 0.2) is 91.0 Å². The van der Waals surface area contributed by atoms with Crippen LogP contribution >= 0.6 is 28.8 Å². The van der Waals surface area contributed by atoms with Crippen LogP contribution in [-0.2, 0) is 4.74 Å². The van der Waals surface area contributed by atoms with Crippen LogP contribution in [-0.4, -0.2) is 18.2 Å². The number of hydrogen-bond acceptors (Lipinski definition) is 2. The van der Waals surface area contributed by atoms with E-state index in [1.54, 1.807) is 0 Å². The van der Waals surface area contributed by atoms with Gasteiger partial charge in [-0.05, 0) is 0 Å². The second-order valence-corrected chi connectivity index (χ2v) is 12.9. The molecule has 0 unspecified atom stereocenters. The van der Waals surface area contributed by atoms with Crippen molar-refractivity contribution in [2.75, 3.05) is 12.8 Å². The molecule has 0 fully saturated rings. The van der Waals surface area contributed by atoms with Crippen molar-refractivity contribution in [3.05, 3.63) is 91.0 Å². The molecule has 0 radical (unpaired) electrons. The van der Waals surface area contributed by atoms with E-state index in [0.29, 0.717) is 6.16 Å². The third-order valence-corrected chi connectivity index (χ3v) is 12.1. The molecule has 0 aliphatic heterocycles. The number of hydrogen-bond donors (Lipinski definition) is 0. The molecule has 3 aromatic rings. The Kier molecular flexibility index (Phi) is 5.67. The van der Waals surface area contributed by atoms with Gasteiger partial charge in [0.2, 0.25) is 0 Å². The molecule has 0 aliphatic rings. The van der Waals surface area contributed by atoms with Gasteiger partial charge in [0.15, 0.2) is 0 Å². The van der Waals surface area contributed by atoms with Crippen LogP contribution in [0.25, 0.3) is 0 Å². The summed E-state index contributed by atoms with van der Waals surface area (Å²) in [5.41, 5.74) is -0.819. The minimum atomic E-state index is -3.36. The van der Waals surface area contributed by atoms with E-state index < -0.39 is 11.4 Å². The third kappa shape index (κ3) is 3.38. The monoisotopic (exact) mass is 404 g/mol. The molecule has 0 spiro atoms. The molecule has 0 saturated carbocycles. The summed E-state index contributed by atoms with van der Waals surface area (Å²) >= 11 is 13.2. The zero-order chi connectivity index (χ0) is 18.5. The molecule has 0 heterocycles. The molecular weight excluding hydrogens is 386 g/mol. The third-order valence-electron chi connectivity index (χ3n) is 4.61. The number of carbonyl (C=O) groups excluding carboxylic acids is 1. The first-order valence-electron chi connectivity index (χ1n) is 8.27. The standard InChI is InChI=1S/C21H19Cl2O2P/c22-21(24)25-16-17-26(23,18-10-4-1-5-11-18,19-12-6-2-7-13-19)20-14-8-3-9-15-20/h1-15H,16-17H2. The molecule has 0 N–H and O–H groups in total. The van der Waals surface area contributed by atoms with Gasteiger partial charge in [0, 0.05) is 0 Å². The second kappa shape index (κ2) is 7.80. The molecule has 26 heavy (non-hydrogen) atoms. The van der Waals surface area contributed by atoms with E-state index in [1.807, 2.05) is 91.0 Å². The van der Waals surface area contributed by atoms with Crippen molar-refractivity contribution in [3.8, 4) is 0 Å². The van der Waals surface area contributed by atoms with Crippen LogP contribution < -0.4 is 15.9 Å². The van der Waals surface area contributed by atoms with Crippen molar-refractivity contribution < 1.29 is 9.53 Å². The summed E-state index contributed by atoms with van der Waals surface area (Å²) < 4.78 is 5.10. The van der Waals surface area contributed by atoms with Gasteiger partial charge in [-0.1, -0.05) is 0 Å².